The van der Waals surface area contributed by atoms with Crippen molar-refractivity contribution < 1.29 is 47.4 Å². The standard InChI is InChI=1S/C14H17N3O6.C2HF3O2/c1-23-11-4-3-10(17(21)22)13-8(11)6-7-16(13)12(18)5-2-9(15)14(19)20;3-2(4,5)1(6)7/h3-4,9H,2,5-7,15H2,1H3,(H,19,20);(H,6,7). The van der Waals surface area contributed by atoms with E-state index in [9.17, 15) is 32.9 Å². The third-order valence-electron chi connectivity index (χ3n) is 4.02. The predicted molar refractivity (Wildman–Crippen MR) is 94.2 cm³/mol. The number of nitro benzene ring substituents is 1. The second-order valence-corrected chi connectivity index (χ2v) is 5.95. The molecule has 0 aliphatic carbocycles. The Bertz CT molecular complexity index is 844. The molecule has 1 aliphatic heterocycles. The minimum Gasteiger partial charge on any atom is -0.496 e. The average Bonchev–Trinajstić information content (AvgIpc) is 3.09. The Morgan fingerprint density at radius 3 is 2.33 bits per heavy atom. The summed E-state index contributed by atoms with van der Waals surface area (Å²) in [6.45, 7) is 0.289. The number of anilines is 1. The smallest absolute Gasteiger partial charge is 0.490 e. The summed E-state index contributed by atoms with van der Waals surface area (Å²) in [5.41, 5.74) is 6.05. The highest BCUT2D eigenvalue weighted by Crippen LogP contribution is 2.42. The Balaban J connectivity index is 0.000000553. The number of carbonyl (C=O) groups excluding carboxylic acids is 1. The molecule has 0 spiro atoms. The number of rotatable bonds is 6. The van der Waals surface area contributed by atoms with Crippen LogP contribution in [0.5, 0.6) is 5.75 Å². The molecule has 0 aromatic heterocycles. The Hall–Kier alpha value is -3.42. The van der Waals surface area contributed by atoms with Gasteiger partial charge in [-0.25, -0.2) is 4.79 Å². The van der Waals surface area contributed by atoms with E-state index in [1.807, 2.05) is 0 Å². The van der Waals surface area contributed by atoms with E-state index in [0.717, 1.165) is 0 Å². The fourth-order valence-electron chi connectivity index (χ4n) is 2.61. The molecule has 1 aromatic rings. The summed E-state index contributed by atoms with van der Waals surface area (Å²) in [6.07, 6.45) is -4.77. The molecule has 0 fully saturated rings. The maximum atomic E-state index is 12.3. The van der Waals surface area contributed by atoms with Crippen molar-refractivity contribution in [1.29, 1.82) is 0 Å². The average molecular weight is 437 g/mol. The number of hydrogen-bond acceptors (Lipinski definition) is 7. The summed E-state index contributed by atoms with van der Waals surface area (Å²) in [7, 11) is 1.46. The van der Waals surface area contributed by atoms with Gasteiger partial charge in [-0.15, -0.1) is 0 Å². The maximum Gasteiger partial charge on any atom is 0.490 e. The molecular formula is C16H18F3N3O8. The lowest BCUT2D eigenvalue weighted by atomic mass is 10.1. The first kappa shape index (κ1) is 24.6. The van der Waals surface area contributed by atoms with Gasteiger partial charge in [-0.3, -0.25) is 19.7 Å². The zero-order valence-electron chi connectivity index (χ0n) is 15.5. The minimum atomic E-state index is -5.08. The van der Waals surface area contributed by atoms with Gasteiger partial charge in [0.1, 0.15) is 17.5 Å². The van der Waals surface area contributed by atoms with Crippen LogP contribution in [0.2, 0.25) is 0 Å². The molecule has 166 valence electrons. The number of halogens is 3. The molecule has 1 atom stereocenters. The third-order valence-corrected chi connectivity index (χ3v) is 4.02. The Morgan fingerprint density at radius 1 is 1.33 bits per heavy atom. The summed E-state index contributed by atoms with van der Waals surface area (Å²) < 4.78 is 36.9. The van der Waals surface area contributed by atoms with Gasteiger partial charge in [-0.05, 0) is 18.9 Å². The summed E-state index contributed by atoms with van der Waals surface area (Å²) in [4.78, 5) is 43.9. The topological polar surface area (TPSA) is 173 Å². The summed E-state index contributed by atoms with van der Waals surface area (Å²) >= 11 is 0. The van der Waals surface area contributed by atoms with Crippen LogP contribution in [-0.2, 0) is 20.8 Å². The highest BCUT2D eigenvalue weighted by Gasteiger charge is 2.38. The first-order valence-electron chi connectivity index (χ1n) is 8.24. The normalized spacial score (nSPS) is 13.6. The van der Waals surface area contributed by atoms with Gasteiger partial charge in [-0.2, -0.15) is 13.2 Å². The molecule has 2 rings (SSSR count). The van der Waals surface area contributed by atoms with Crippen LogP contribution in [0.4, 0.5) is 24.5 Å². The Kier molecular flexibility index (Phi) is 8.10. The largest absolute Gasteiger partial charge is 0.496 e. The van der Waals surface area contributed by atoms with E-state index in [1.54, 1.807) is 0 Å². The molecular weight excluding hydrogens is 419 g/mol. The van der Waals surface area contributed by atoms with E-state index in [0.29, 0.717) is 17.7 Å². The molecule has 1 amide bonds. The van der Waals surface area contributed by atoms with Crippen LogP contribution in [0.1, 0.15) is 18.4 Å². The third kappa shape index (κ3) is 6.04. The highest BCUT2D eigenvalue weighted by molar-refractivity contribution is 5.99. The van der Waals surface area contributed by atoms with Crippen molar-refractivity contribution in [3.05, 3.63) is 27.8 Å². The van der Waals surface area contributed by atoms with Crippen molar-refractivity contribution in [3.63, 3.8) is 0 Å². The number of nitro groups is 1. The number of ether oxygens (including phenoxy) is 1. The van der Waals surface area contributed by atoms with E-state index >= 15 is 0 Å². The van der Waals surface area contributed by atoms with Crippen LogP contribution in [-0.4, -0.2) is 58.9 Å². The lowest BCUT2D eigenvalue weighted by molar-refractivity contribution is -0.384. The number of nitrogens with two attached hydrogens (primary N) is 1. The molecule has 0 radical (unpaired) electrons. The molecule has 0 bridgehead atoms. The number of benzene rings is 1. The van der Waals surface area contributed by atoms with E-state index in [-0.39, 0.29) is 30.8 Å². The zero-order chi connectivity index (χ0) is 23.2. The van der Waals surface area contributed by atoms with Gasteiger partial charge in [0.05, 0.1) is 12.0 Å². The molecule has 1 unspecified atom stereocenters. The fourth-order valence-corrected chi connectivity index (χ4v) is 2.61. The first-order valence-corrected chi connectivity index (χ1v) is 8.24. The molecule has 4 N–H and O–H groups in total. The van der Waals surface area contributed by atoms with Crippen molar-refractivity contribution in [3.8, 4) is 5.75 Å². The fraction of sp³-hybridized carbons (Fsp3) is 0.438. The zero-order valence-corrected chi connectivity index (χ0v) is 15.5. The number of alkyl halides is 3. The number of aliphatic carboxylic acids is 2. The lowest BCUT2D eigenvalue weighted by Gasteiger charge is -2.18. The molecule has 0 saturated carbocycles. The number of fused-ring (bicyclic) bond motifs is 1. The van der Waals surface area contributed by atoms with Crippen LogP contribution in [0.3, 0.4) is 0 Å². The first-order chi connectivity index (χ1) is 13.8. The number of carbonyl (C=O) groups is 3. The number of hydrogen-bond donors (Lipinski definition) is 3. The van der Waals surface area contributed by atoms with Gasteiger partial charge >= 0.3 is 18.1 Å². The number of carboxylic acids is 2. The Labute approximate surface area is 167 Å². The molecule has 1 aromatic carbocycles. The molecule has 0 saturated heterocycles. The van der Waals surface area contributed by atoms with E-state index in [2.05, 4.69) is 0 Å². The number of carboxylic acid groups (broad SMARTS) is 2. The van der Waals surface area contributed by atoms with Crippen LogP contribution < -0.4 is 15.4 Å². The van der Waals surface area contributed by atoms with E-state index < -0.39 is 35.0 Å². The van der Waals surface area contributed by atoms with Crippen molar-refractivity contribution in [2.45, 2.75) is 31.5 Å². The van der Waals surface area contributed by atoms with Gasteiger partial charge in [0.15, 0.2) is 0 Å². The summed E-state index contributed by atoms with van der Waals surface area (Å²) in [5, 5.41) is 27.1. The number of nitrogens with zero attached hydrogens (tertiary/aromatic N) is 2. The molecule has 1 heterocycles. The van der Waals surface area contributed by atoms with Gasteiger partial charge in [0.2, 0.25) is 5.91 Å². The summed E-state index contributed by atoms with van der Waals surface area (Å²) in [5.74, 6) is -3.85. The van der Waals surface area contributed by atoms with Gasteiger partial charge < -0.3 is 25.6 Å². The Morgan fingerprint density at radius 2 is 1.90 bits per heavy atom. The van der Waals surface area contributed by atoms with Gasteiger partial charge in [0.25, 0.3) is 5.69 Å². The van der Waals surface area contributed by atoms with Crippen molar-refractivity contribution in [2.24, 2.45) is 5.73 Å². The van der Waals surface area contributed by atoms with Crippen molar-refractivity contribution >= 4 is 29.2 Å². The second-order valence-electron chi connectivity index (χ2n) is 5.95. The maximum absolute atomic E-state index is 12.3. The lowest BCUT2D eigenvalue weighted by Crippen LogP contribution is -2.34. The predicted octanol–water partition coefficient (Wildman–Crippen LogP) is 1.32. The quantitative estimate of drug-likeness (QED) is 0.438. The van der Waals surface area contributed by atoms with Crippen LogP contribution in [0.25, 0.3) is 0 Å². The second kappa shape index (κ2) is 9.87. The van der Waals surface area contributed by atoms with Crippen LogP contribution >= 0.6 is 0 Å². The van der Waals surface area contributed by atoms with Crippen molar-refractivity contribution in [1.82, 2.24) is 0 Å². The van der Waals surface area contributed by atoms with Gasteiger partial charge in [-0.1, -0.05) is 0 Å². The summed E-state index contributed by atoms with van der Waals surface area (Å²) in [6, 6.07) is 1.67. The molecule has 1 aliphatic rings. The molecule has 11 nitrogen and oxygen atoms in total. The number of methoxy groups -OCH3 is 1. The highest BCUT2D eigenvalue weighted by atomic mass is 19.4. The SMILES string of the molecule is COc1ccc([N+](=O)[O-])c2c1CCN2C(=O)CCC(N)C(=O)O.O=C(O)C(F)(F)F. The van der Waals surface area contributed by atoms with Gasteiger partial charge in [0, 0.05) is 24.6 Å². The molecule has 14 heteroatoms. The molecule has 30 heavy (non-hydrogen) atoms. The number of amides is 1. The van der Waals surface area contributed by atoms with E-state index in [4.69, 9.17) is 25.5 Å². The monoisotopic (exact) mass is 437 g/mol. The van der Waals surface area contributed by atoms with Crippen molar-refractivity contribution in [2.75, 3.05) is 18.6 Å². The van der Waals surface area contributed by atoms with Crippen LogP contribution in [0.15, 0.2) is 12.1 Å². The van der Waals surface area contributed by atoms with E-state index in [1.165, 1.54) is 24.1 Å². The van der Waals surface area contributed by atoms with Crippen LogP contribution in [0, 0.1) is 10.1 Å². The minimum absolute atomic E-state index is 0.0300.